The summed E-state index contributed by atoms with van der Waals surface area (Å²) in [5.74, 6) is 1.24. The minimum atomic E-state index is -0.254. The predicted octanol–water partition coefficient (Wildman–Crippen LogP) is 1.16. The standard InChI is InChI=1S/C13H20N6O/c1-13(2,3)19-8-7-15-11(12(19)20)14-6-4-5-10-16-9-17-18-10/h7-9H,4-6H2,1-3H3,(H,14,15)(H,16,17,18). The molecule has 0 atom stereocenters. The maximum absolute atomic E-state index is 12.2. The molecule has 2 rings (SSSR count). The molecular formula is C13H20N6O. The molecule has 108 valence electrons. The van der Waals surface area contributed by atoms with Crippen molar-refractivity contribution >= 4 is 5.82 Å². The Morgan fingerprint density at radius 1 is 1.35 bits per heavy atom. The van der Waals surface area contributed by atoms with Crippen molar-refractivity contribution in [3.63, 3.8) is 0 Å². The Morgan fingerprint density at radius 3 is 2.80 bits per heavy atom. The summed E-state index contributed by atoms with van der Waals surface area (Å²) in [6, 6.07) is 0. The fourth-order valence-electron chi connectivity index (χ4n) is 1.87. The van der Waals surface area contributed by atoms with E-state index in [1.54, 1.807) is 17.0 Å². The molecule has 2 heterocycles. The number of hydrogen-bond acceptors (Lipinski definition) is 5. The number of aromatic nitrogens is 5. The molecule has 0 aliphatic heterocycles. The highest BCUT2D eigenvalue weighted by atomic mass is 16.1. The lowest BCUT2D eigenvalue weighted by Crippen LogP contribution is -2.35. The Balaban J connectivity index is 1.95. The number of anilines is 1. The number of hydrogen-bond donors (Lipinski definition) is 2. The second kappa shape index (κ2) is 5.85. The van der Waals surface area contributed by atoms with Gasteiger partial charge in [0.05, 0.1) is 0 Å². The van der Waals surface area contributed by atoms with Crippen molar-refractivity contribution in [3.8, 4) is 0 Å². The molecule has 0 fully saturated rings. The van der Waals surface area contributed by atoms with Gasteiger partial charge in [0, 0.05) is 30.9 Å². The van der Waals surface area contributed by atoms with E-state index in [4.69, 9.17) is 0 Å². The maximum Gasteiger partial charge on any atom is 0.293 e. The van der Waals surface area contributed by atoms with Crippen LogP contribution in [0.5, 0.6) is 0 Å². The third-order valence-electron chi connectivity index (χ3n) is 2.91. The summed E-state index contributed by atoms with van der Waals surface area (Å²) in [6.45, 7) is 6.63. The van der Waals surface area contributed by atoms with E-state index in [0.717, 1.165) is 18.7 Å². The number of aromatic amines is 1. The molecule has 0 spiro atoms. The molecule has 0 aliphatic carbocycles. The fraction of sp³-hybridized carbons (Fsp3) is 0.538. The monoisotopic (exact) mass is 276 g/mol. The van der Waals surface area contributed by atoms with E-state index >= 15 is 0 Å². The van der Waals surface area contributed by atoms with Gasteiger partial charge in [-0.15, -0.1) is 0 Å². The van der Waals surface area contributed by atoms with Gasteiger partial charge in [-0.1, -0.05) is 0 Å². The van der Waals surface area contributed by atoms with Crippen LogP contribution in [0.3, 0.4) is 0 Å². The van der Waals surface area contributed by atoms with Crippen molar-refractivity contribution in [2.75, 3.05) is 11.9 Å². The van der Waals surface area contributed by atoms with Crippen LogP contribution in [0.2, 0.25) is 0 Å². The summed E-state index contributed by atoms with van der Waals surface area (Å²) in [7, 11) is 0. The fourth-order valence-corrected chi connectivity index (χ4v) is 1.87. The Morgan fingerprint density at radius 2 is 2.15 bits per heavy atom. The molecule has 0 bridgehead atoms. The molecule has 7 nitrogen and oxygen atoms in total. The van der Waals surface area contributed by atoms with Gasteiger partial charge >= 0.3 is 0 Å². The molecule has 0 aliphatic rings. The average molecular weight is 276 g/mol. The third-order valence-corrected chi connectivity index (χ3v) is 2.91. The van der Waals surface area contributed by atoms with Gasteiger partial charge in [-0.25, -0.2) is 9.97 Å². The first kappa shape index (κ1) is 14.2. The number of nitrogens with one attached hydrogen (secondary N) is 2. The molecule has 2 aromatic heterocycles. The zero-order valence-electron chi connectivity index (χ0n) is 12.1. The van der Waals surface area contributed by atoms with Crippen molar-refractivity contribution in [2.24, 2.45) is 0 Å². The van der Waals surface area contributed by atoms with E-state index < -0.39 is 0 Å². The van der Waals surface area contributed by atoms with Crippen LogP contribution in [0, 0.1) is 0 Å². The Bertz CT molecular complexity index is 596. The van der Waals surface area contributed by atoms with Crippen LogP contribution in [0.4, 0.5) is 5.82 Å². The maximum atomic E-state index is 12.2. The molecule has 2 aromatic rings. The molecule has 0 radical (unpaired) electrons. The normalized spacial score (nSPS) is 11.6. The van der Waals surface area contributed by atoms with E-state index in [1.165, 1.54) is 6.33 Å². The summed E-state index contributed by atoms with van der Waals surface area (Å²) in [6.07, 6.45) is 6.48. The minimum absolute atomic E-state index is 0.0975. The highest BCUT2D eigenvalue weighted by Gasteiger charge is 2.16. The smallest absolute Gasteiger partial charge is 0.293 e. The number of aryl methyl sites for hydroxylation is 1. The molecule has 20 heavy (non-hydrogen) atoms. The van der Waals surface area contributed by atoms with Crippen molar-refractivity contribution < 1.29 is 0 Å². The molecular weight excluding hydrogens is 256 g/mol. The van der Waals surface area contributed by atoms with Gasteiger partial charge in [0.2, 0.25) is 0 Å². The molecule has 2 N–H and O–H groups in total. The van der Waals surface area contributed by atoms with Crippen LogP contribution in [0.1, 0.15) is 33.0 Å². The lowest BCUT2D eigenvalue weighted by Gasteiger charge is -2.22. The second-order valence-electron chi connectivity index (χ2n) is 5.58. The Hall–Kier alpha value is -2.18. The number of H-pyrrole nitrogens is 1. The van der Waals surface area contributed by atoms with Crippen LogP contribution in [-0.2, 0) is 12.0 Å². The summed E-state index contributed by atoms with van der Waals surface area (Å²) in [5.41, 5.74) is -0.351. The molecule has 0 aromatic carbocycles. The highest BCUT2D eigenvalue weighted by Crippen LogP contribution is 2.10. The van der Waals surface area contributed by atoms with Gasteiger partial charge in [-0.2, -0.15) is 5.10 Å². The molecule has 0 saturated heterocycles. The molecule has 0 amide bonds. The Labute approximate surface area is 117 Å². The van der Waals surface area contributed by atoms with Crippen molar-refractivity contribution in [3.05, 3.63) is 34.9 Å². The first-order valence-electron chi connectivity index (χ1n) is 6.65. The van der Waals surface area contributed by atoms with Crippen molar-refractivity contribution in [1.82, 2.24) is 24.7 Å². The lowest BCUT2D eigenvalue weighted by atomic mass is 10.1. The number of nitrogens with zero attached hydrogens (tertiary/aromatic N) is 4. The van der Waals surface area contributed by atoms with E-state index in [0.29, 0.717) is 12.4 Å². The van der Waals surface area contributed by atoms with Gasteiger partial charge in [0.1, 0.15) is 12.2 Å². The third kappa shape index (κ3) is 3.43. The van der Waals surface area contributed by atoms with Crippen LogP contribution >= 0.6 is 0 Å². The van der Waals surface area contributed by atoms with Crippen LogP contribution in [0.15, 0.2) is 23.5 Å². The van der Waals surface area contributed by atoms with Crippen molar-refractivity contribution in [1.29, 1.82) is 0 Å². The molecule has 7 heteroatoms. The summed E-state index contributed by atoms with van der Waals surface area (Å²) in [5, 5.41) is 9.68. The van der Waals surface area contributed by atoms with Crippen LogP contribution in [0.25, 0.3) is 0 Å². The second-order valence-corrected chi connectivity index (χ2v) is 5.58. The van der Waals surface area contributed by atoms with Gasteiger partial charge < -0.3 is 9.88 Å². The average Bonchev–Trinajstić information content (AvgIpc) is 2.88. The van der Waals surface area contributed by atoms with Crippen LogP contribution < -0.4 is 10.9 Å². The van der Waals surface area contributed by atoms with E-state index in [2.05, 4.69) is 25.5 Å². The minimum Gasteiger partial charge on any atom is -0.365 e. The Kier molecular flexibility index (Phi) is 4.16. The number of rotatable bonds is 5. The summed E-state index contributed by atoms with van der Waals surface area (Å²) in [4.78, 5) is 20.4. The summed E-state index contributed by atoms with van der Waals surface area (Å²) < 4.78 is 1.68. The van der Waals surface area contributed by atoms with Crippen LogP contribution in [-0.4, -0.2) is 31.3 Å². The van der Waals surface area contributed by atoms with Gasteiger partial charge in [0.25, 0.3) is 5.56 Å². The quantitative estimate of drug-likeness (QED) is 0.800. The van der Waals surface area contributed by atoms with Gasteiger partial charge in [-0.05, 0) is 27.2 Å². The van der Waals surface area contributed by atoms with Gasteiger partial charge in [0.15, 0.2) is 5.82 Å². The zero-order valence-corrected chi connectivity index (χ0v) is 12.1. The van der Waals surface area contributed by atoms with E-state index in [1.807, 2.05) is 20.8 Å². The molecule has 0 saturated carbocycles. The largest absolute Gasteiger partial charge is 0.365 e. The summed E-state index contributed by atoms with van der Waals surface area (Å²) >= 11 is 0. The molecule has 0 unspecified atom stereocenters. The van der Waals surface area contributed by atoms with E-state index in [-0.39, 0.29) is 11.1 Å². The zero-order chi connectivity index (χ0) is 14.6. The topological polar surface area (TPSA) is 88.5 Å². The first-order chi connectivity index (χ1) is 9.48. The van der Waals surface area contributed by atoms with Crippen molar-refractivity contribution in [2.45, 2.75) is 39.2 Å². The highest BCUT2D eigenvalue weighted by molar-refractivity contribution is 5.30. The first-order valence-corrected chi connectivity index (χ1v) is 6.65. The lowest BCUT2D eigenvalue weighted by molar-refractivity contribution is 0.383. The predicted molar refractivity (Wildman–Crippen MR) is 76.7 cm³/mol. The SMILES string of the molecule is CC(C)(C)n1ccnc(NCCCc2ncn[nH]2)c1=O. The van der Waals surface area contributed by atoms with E-state index in [9.17, 15) is 4.79 Å². The van der Waals surface area contributed by atoms with Gasteiger partial charge in [-0.3, -0.25) is 9.89 Å².